The Labute approximate surface area is 329 Å². The second kappa shape index (κ2) is 41.9. The van der Waals surface area contributed by atoms with Crippen LogP contribution in [0.15, 0.2) is 12.2 Å². The van der Waals surface area contributed by atoms with Crippen molar-refractivity contribution in [2.24, 2.45) is 0 Å². The monoisotopic (exact) mass is 740 g/mol. The normalized spacial score (nSPS) is 13.6. The second-order valence-electron chi connectivity index (χ2n) is 14.8. The average molecular weight is 740 g/mol. The first kappa shape index (κ1) is 41.3. The Bertz CT molecular complexity index is 969. The molecule has 0 radical (unpaired) electrons. The van der Waals surface area contributed by atoms with Crippen molar-refractivity contribution in [3.63, 3.8) is 0 Å². The van der Waals surface area contributed by atoms with Crippen LogP contribution in [0.3, 0.4) is 0 Å². The second-order valence-corrected chi connectivity index (χ2v) is 14.8. The summed E-state index contributed by atoms with van der Waals surface area (Å²) in [5.74, 6) is -2.95. The number of ether oxygens (including phenoxy) is 3. The van der Waals surface area contributed by atoms with Crippen LogP contribution in [0, 0.1) is 0 Å². The van der Waals surface area contributed by atoms with E-state index in [-0.39, 0.29) is 19.3 Å². The Hall–Kier alpha value is -1.85. The molecule has 0 aliphatic rings. The third-order valence-electron chi connectivity index (χ3n) is 9.59. The van der Waals surface area contributed by atoms with Crippen molar-refractivity contribution < 1.29 is 35.4 Å². The Morgan fingerprint density at radius 3 is 1.08 bits per heavy atom. The first-order chi connectivity index (χ1) is 27.4. The zero-order valence-electron chi connectivity index (χ0n) is 39.4. The summed E-state index contributed by atoms with van der Waals surface area (Å²) in [6.07, 6.45) is 34.0. The molecule has 0 aliphatic carbocycles. The summed E-state index contributed by atoms with van der Waals surface area (Å²) >= 11 is 0. The van der Waals surface area contributed by atoms with E-state index >= 15 is 0 Å². The Kier molecular flexibility index (Phi) is 33.3. The number of unbranched alkanes of at least 4 members (excludes halogenated alkanes) is 28. The highest BCUT2D eigenvalue weighted by molar-refractivity contribution is 5.71. The molecule has 0 atom stereocenters. The summed E-state index contributed by atoms with van der Waals surface area (Å²) in [6.45, 7) is -0.286. The first-order valence-electron chi connectivity index (χ1n) is 24.7. The van der Waals surface area contributed by atoms with Gasteiger partial charge in [0.2, 0.25) is 0 Å². The molecule has 6 heteroatoms. The maximum absolute atomic E-state index is 13.0. The molecule has 0 amide bonds. The smallest absolute Gasteiger partial charge is 0.306 e. The van der Waals surface area contributed by atoms with Crippen LogP contribution < -0.4 is 0 Å². The van der Waals surface area contributed by atoms with Crippen LogP contribution in [0.4, 0.5) is 0 Å². The van der Waals surface area contributed by atoms with Gasteiger partial charge in [0.1, 0.15) is 13.1 Å². The van der Waals surface area contributed by atoms with Crippen molar-refractivity contribution in [3.05, 3.63) is 12.2 Å². The van der Waals surface area contributed by atoms with Crippen molar-refractivity contribution >= 4 is 17.9 Å². The Morgan fingerprint density at radius 1 is 0.423 bits per heavy atom. The minimum absolute atomic E-state index is 0.128. The lowest BCUT2D eigenvalue weighted by Gasteiger charge is -2.18. The van der Waals surface area contributed by atoms with E-state index in [4.69, 9.17) is 21.1 Å². The third kappa shape index (κ3) is 39.4. The Balaban J connectivity index is 5.11. The van der Waals surface area contributed by atoms with Gasteiger partial charge >= 0.3 is 17.9 Å². The highest BCUT2D eigenvalue weighted by Crippen LogP contribution is 2.15. The number of hydrogen-bond acceptors (Lipinski definition) is 6. The molecule has 0 unspecified atom stereocenters. The van der Waals surface area contributed by atoms with Gasteiger partial charge < -0.3 is 14.2 Å². The lowest BCUT2D eigenvalue weighted by molar-refractivity contribution is -0.167. The van der Waals surface area contributed by atoms with Crippen molar-refractivity contribution in [1.29, 1.82) is 0 Å². The fourth-order valence-corrected chi connectivity index (χ4v) is 6.20. The van der Waals surface area contributed by atoms with Crippen LogP contribution in [0.25, 0.3) is 0 Å². The zero-order chi connectivity index (χ0) is 42.5. The highest BCUT2D eigenvalue weighted by atomic mass is 16.6. The van der Waals surface area contributed by atoms with Gasteiger partial charge in [-0.15, -0.1) is 0 Å². The maximum Gasteiger partial charge on any atom is 0.306 e. The highest BCUT2D eigenvalue weighted by Gasteiger charge is 2.19. The number of hydrogen-bond donors (Lipinski definition) is 0. The van der Waals surface area contributed by atoms with Gasteiger partial charge in [0.15, 0.2) is 6.08 Å². The van der Waals surface area contributed by atoms with Crippen LogP contribution in [0.2, 0.25) is 0 Å². The lowest BCUT2D eigenvalue weighted by Crippen LogP contribution is -2.30. The van der Waals surface area contributed by atoms with Gasteiger partial charge in [-0.2, -0.15) is 0 Å². The molecule has 0 fully saturated rings. The van der Waals surface area contributed by atoms with Gasteiger partial charge in [-0.25, -0.2) is 0 Å². The van der Waals surface area contributed by atoms with Crippen LogP contribution in [0.1, 0.15) is 252 Å². The Morgan fingerprint density at radius 2 is 0.712 bits per heavy atom. The van der Waals surface area contributed by atoms with Crippen LogP contribution in [-0.4, -0.2) is 37.1 Å². The summed E-state index contributed by atoms with van der Waals surface area (Å²) in [5, 5.41) is 0. The SMILES string of the molecule is [2H]C([2H])(OC(=O)CCCCCCCCCCCCC)C([2H])(OC(=O)CCCCCCCC/C=C\CCCC)C([2H])([2H])OC(=O)CCCCCCCCCCCCC. The average Bonchev–Trinajstić information content (AvgIpc) is 3.15. The molecule has 0 saturated heterocycles. The van der Waals surface area contributed by atoms with Crippen molar-refractivity contribution in [2.45, 2.75) is 252 Å². The summed E-state index contributed by atoms with van der Waals surface area (Å²) in [4.78, 5) is 38.6. The molecule has 0 rings (SSSR count). The molecular formula is C46H86O6. The predicted molar refractivity (Wildman–Crippen MR) is 220 cm³/mol. The molecule has 0 saturated carbocycles. The van der Waals surface area contributed by atoms with E-state index in [0.717, 1.165) is 89.9 Å². The number of rotatable bonds is 41. The van der Waals surface area contributed by atoms with Crippen LogP contribution in [0.5, 0.6) is 0 Å². The molecule has 306 valence electrons. The third-order valence-corrected chi connectivity index (χ3v) is 9.59. The van der Waals surface area contributed by atoms with Crippen LogP contribution in [-0.2, 0) is 28.6 Å². The molecule has 0 aromatic heterocycles. The molecule has 0 aromatic rings. The molecule has 0 heterocycles. The van der Waals surface area contributed by atoms with E-state index in [0.29, 0.717) is 25.7 Å². The van der Waals surface area contributed by atoms with Crippen molar-refractivity contribution in [2.75, 3.05) is 13.1 Å². The predicted octanol–water partition coefficient (Wildman–Crippen LogP) is 14.3. The molecule has 6 nitrogen and oxygen atoms in total. The molecule has 0 aliphatic heterocycles. The van der Waals surface area contributed by atoms with Gasteiger partial charge in [0, 0.05) is 19.3 Å². The van der Waals surface area contributed by atoms with E-state index in [2.05, 4.69) is 32.9 Å². The van der Waals surface area contributed by atoms with Crippen LogP contribution >= 0.6 is 0 Å². The van der Waals surface area contributed by atoms with Gasteiger partial charge in [-0.1, -0.05) is 200 Å². The van der Waals surface area contributed by atoms with Gasteiger partial charge in [-0.3, -0.25) is 14.4 Å². The quantitative estimate of drug-likeness (QED) is 0.0269. The first-order valence-corrected chi connectivity index (χ1v) is 22.2. The fraction of sp³-hybridized carbons (Fsp3) is 0.891. The van der Waals surface area contributed by atoms with Gasteiger partial charge in [0.25, 0.3) is 0 Å². The van der Waals surface area contributed by atoms with Gasteiger partial charge in [-0.05, 0) is 38.5 Å². The molecule has 0 bridgehead atoms. The molecule has 52 heavy (non-hydrogen) atoms. The van der Waals surface area contributed by atoms with E-state index in [1.54, 1.807) is 0 Å². The number of carbonyl (C=O) groups excluding carboxylic acids is 3. The molecule has 0 spiro atoms. The lowest BCUT2D eigenvalue weighted by atomic mass is 10.1. The molecular weight excluding hydrogens is 648 g/mol. The van der Waals surface area contributed by atoms with Crippen molar-refractivity contribution in [3.8, 4) is 0 Å². The largest absolute Gasteiger partial charge is 0.462 e. The fourth-order valence-electron chi connectivity index (χ4n) is 6.20. The van der Waals surface area contributed by atoms with Gasteiger partial charge in [0.05, 0.1) is 6.85 Å². The standard InChI is InChI=1S/C46H86O6/c1-4-7-10-13-16-19-22-25-28-31-34-37-40-46(49)52-43(41-50-44(47)38-35-32-29-26-23-20-17-14-11-8-5-2)42-51-45(48)39-36-33-30-27-24-21-18-15-12-9-6-3/h13,16,43H,4-12,14-15,17-42H2,1-3H3/b16-13-/i41D2,42D2,43D. The number of esters is 3. The zero-order valence-corrected chi connectivity index (χ0v) is 34.4. The molecule has 0 aromatic carbocycles. The van der Waals surface area contributed by atoms with E-state index in [9.17, 15) is 14.4 Å². The summed E-state index contributed by atoms with van der Waals surface area (Å²) in [5.41, 5.74) is 0. The summed E-state index contributed by atoms with van der Waals surface area (Å²) in [6, 6.07) is 0. The van der Waals surface area contributed by atoms with E-state index < -0.39 is 37.1 Å². The topological polar surface area (TPSA) is 78.9 Å². The maximum atomic E-state index is 13.0. The summed E-state index contributed by atoms with van der Waals surface area (Å²) in [7, 11) is 0. The number of allylic oxidation sites excluding steroid dienone is 2. The van der Waals surface area contributed by atoms with E-state index in [1.807, 2.05) is 0 Å². The minimum atomic E-state index is -3.48. The number of carbonyl (C=O) groups is 3. The van der Waals surface area contributed by atoms with Crippen molar-refractivity contribution in [1.82, 2.24) is 0 Å². The minimum Gasteiger partial charge on any atom is -0.462 e. The molecule has 0 N–H and O–H groups in total. The van der Waals surface area contributed by atoms with E-state index in [1.165, 1.54) is 89.9 Å². The summed E-state index contributed by atoms with van der Waals surface area (Å²) < 4.78 is 58.4.